The van der Waals surface area contributed by atoms with Crippen LogP contribution in [0.5, 0.6) is 0 Å². The number of aromatic nitrogens is 1. The van der Waals surface area contributed by atoms with Gasteiger partial charge in [0, 0.05) is 31.4 Å². The average Bonchev–Trinajstić information content (AvgIpc) is 2.20. The van der Waals surface area contributed by atoms with Crippen molar-refractivity contribution in [3.63, 3.8) is 0 Å². The van der Waals surface area contributed by atoms with E-state index in [1.165, 1.54) is 11.1 Å². The van der Waals surface area contributed by atoms with Crippen molar-refractivity contribution in [2.24, 2.45) is 5.92 Å². The summed E-state index contributed by atoms with van der Waals surface area (Å²) in [4.78, 5) is 6.95. The van der Waals surface area contributed by atoms with E-state index in [0.29, 0.717) is 5.92 Å². The third-order valence-electron chi connectivity index (χ3n) is 2.81. The Morgan fingerprint density at radius 2 is 2.00 bits per heavy atom. The number of aryl methyl sites for hydroxylation is 2. The first-order valence-corrected chi connectivity index (χ1v) is 6.28. The Morgan fingerprint density at radius 3 is 2.53 bits per heavy atom. The highest BCUT2D eigenvalue weighted by Crippen LogP contribution is 2.22. The maximum atomic E-state index is 4.69. The van der Waals surface area contributed by atoms with Gasteiger partial charge in [-0.15, -0.1) is 0 Å². The summed E-state index contributed by atoms with van der Waals surface area (Å²) in [7, 11) is 4.10. The Hall–Kier alpha value is -1.09. The van der Waals surface area contributed by atoms with Crippen LogP contribution in [0.3, 0.4) is 0 Å². The maximum Gasteiger partial charge on any atom is 0.133 e. The molecule has 1 aromatic heterocycles. The normalized spacial score (nSPS) is 11.0. The lowest BCUT2D eigenvalue weighted by Crippen LogP contribution is -2.26. The van der Waals surface area contributed by atoms with Gasteiger partial charge < -0.3 is 10.2 Å². The minimum absolute atomic E-state index is 0.644. The van der Waals surface area contributed by atoms with Gasteiger partial charge in [-0.2, -0.15) is 0 Å². The number of hydrogen-bond donors (Lipinski definition) is 1. The first-order valence-electron chi connectivity index (χ1n) is 6.28. The molecule has 0 aliphatic carbocycles. The molecule has 3 nitrogen and oxygen atoms in total. The van der Waals surface area contributed by atoms with Crippen molar-refractivity contribution in [1.82, 2.24) is 10.3 Å². The predicted octanol–water partition coefficient (Wildman–Crippen LogP) is 2.51. The highest BCUT2D eigenvalue weighted by molar-refractivity contribution is 5.51. The SMILES string of the molecule is CNCc1c(C)cc(C)nc1N(C)CC(C)C. The van der Waals surface area contributed by atoms with Gasteiger partial charge in [0.15, 0.2) is 0 Å². The van der Waals surface area contributed by atoms with Crippen LogP contribution < -0.4 is 10.2 Å². The number of rotatable bonds is 5. The third kappa shape index (κ3) is 3.70. The maximum absolute atomic E-state index is 4.69. The average molecular weight is 235 g/mol. The van der Waals surface area contributed by atoms with Crippen molar-refractivity contribution in [3.05, 3.63) is 22.9 Å². The summed E-state index contributed by atoms with van der Waals surface area (Å²) in [5.41, 5.74) is 3.71. The smallest absolute Gasteiger partial charge is 0.133 e. The summed E-state index contributed by atoms with van der Waals surface area (Å²) in [6.45, 7) is 10.6. The minimum atomic E-state index is 0.644. The Morgan fingerprint density at radius 1 is 1.35 bits per heavy atom. The molecule has 1 rings (SSSR count). The molecule has 1 heterocycles. The monoisotopic (exact) mass is 235 g/mol. The van der Waals surface area contributed by atoms with Gasteiger partial charge in [-0.1, -0.05) is 13.8 Å². The zero-order valence-corrected chi connectivity index (χ0v) is 12.0. The van der Waals surface area contributed by atoms with E-state index in [9.17, 15) is 0 Å². The molecular formula is C14H25N3. The summed E-state index contributed by atoms with van der Waals surface area (Å²) < 4.78 is 0. The zero-order valence-electron chi connectivity index (χ0n) is 12.0. The molecule has 0 saturated carbocycles. The van der Waals surface area contributed by atoms with Gasteiger partial charge >= 0.3 is 0 Å². The van der Waals surface area contributed by atoms with E-state index in [0.717, 1.165) is 24.6 Å². The molecule has 1 N–H and O–H groups in total. The van der Waals surface area contributed by atoms with Crippen molar-refractivity contribution < 1.29 is 0 Å². The highest BCUT2D eigenvalue weighted by atomic mass is 15.2. The molecule has 0 unspecified atom stereocenters. The second kappa shape index (κ2) is 6.01. The van der Waals surface area contributed by atoms with Gasteiger partial charge in [-0.25, -0.2) is 4.98 Å². The molecule has 0 aliphatic rings. The van der Waals surface area contributed by atoms with E-state index in [4.69, 9.17) is 4.98 Å². The molecule has 0 radical (unpaired) electrons. The van der Waals surface area contributed by atoms with Gasteiger partial charge in [0.25, 0.3) is 0 Å². The number of anilines is 1. The van der Waals surface area contributed by atoms with Crippen LogP contribution in [-0.2, 0) is 6.54 Å². The van der Waals surface area contributed by atoms with E-state index in [1.807, 2.05) is 7.05 Å². The van der Waals surface area contributed by atoms with Crippen LogP contribution in [0.1, 0.15) is 30.7 Å². The van der Waals surface area contributed by atoms with Gasteiger partial charge in [0.05, 0.1) is 0 Å². The Balaban J connectivity index is 3.10. The predicted molar refractivity (Wildman–Crippen MR) is 74.6 cm³/mol. The molecule has 17 heavy (non-hydrogen) atoms. The summed E-state index contributed by atoms with van der Waals surface area (Å²) in [5, 5.41) is 3.23. The number of nitrogens with one attached hydrogen (secondary N) is 1. The molecule has 0 aromatic carbocycles. The lowest BCUT2D eigenvalue weighted by molar-refractivity contribution is 0.630. The largest absolute Gasteiger partial charge is 0.359 e. The quantitative estimate of drug-likeness (QED) is 0.850. The highest BCUT2D eigenvalue weighted by Gasteiger charge is 2.13. The van der Waals surface area contributed by atoms with Crippen LogP contribution in [-0.4, -0.2) is 25.6 Å². The zero-order chi connectivity index (χ0) is 13.0. The lowest BCUT2D eigenvalue weighted by Gasteiger charge is -2.24. The van der Waals surface area contributed by atoms with E-state index in [2.05, 4.69) is 51.0 Å². The summed E-state index contributed by atoms with van der Waals surface area (Å²) >= 11 is 0. The molecule has 0 bridgehead atoms. The van der Waals surface area contributed by atoms with Crippen LogP contribution in [0.4, 0.5) is 5.82 Å². The molecule has 0 spiro atoms. The number of hydrogen-bond acceptors (Lipinski definition) is 3. The number of pyridine rings is 1. The Kier molecular flexibility index (Phi) is 4.94. The van der Waals surface area contributed by atoms with Crippen LogP contribution in [0.25, 0.3) is 0 Å². The third-order valence-corrected chi connectivity index (χ3v) is 2.81. The Labute approximate surface area is 105 Å². The van der Waals surface area contributed by atoms with E-state index in [-0.39, 0.29) is 0 Å². The minimum Gasteiger partial charge on any atom is -0.359 e. The molecule has 96 valence electrons. The van der Waals surface area contributed by atoms with Crippen LogP contribution >= 0.6 is 0 Å². The van der Waals surface area contributed by atoms with Crippen LogP contribution in [0, 0.1) is 19.8 Å². The number of nitrogens with zero attached hydrogens (tertiary/aromatic N) is 2. The summed E-state index contributed by atoms with van der Waals surface area (Å²) in [6, 6.07) is 2.15. The molecule has 0 fully saturated rings. The molecular weight excluding hydrogens is 210 g/mol. The summed E-state index contributed by atoms with van der Waals surface area (Å²) in [6.07, 6.45) is 0. The van der Waals surface area contributed by atoms with Gasteiger partial charge in [0.2, 0.25) is 0 Å². The molecule has 1 aromatic rings. The second-order valence-corrected chi connectivity index (χ2v) is 5.19. The van der Waals surface area contributed by atoms with E-state index in [1.54, 1.807) is 0 Å². The fourth-order valence-electron chi connectivity index (χ4n) is 2.19. The fraction of sp³-hybridized carbons (Fsp3) is 0.643. The second-order valence-electron chi connectivity index (χ2n) is 5.19. The van der Waals surface area contributed by atoms with Crippen molar-refractivity contribution in [2.45, 2.75) is 34.2 Å². The molecule has 3 heteroatoms. The van der Waals surface area contributed by atoms with Gasteiger partial charge in [-0.05, 0) is 38.4 Å². The van der Waals surface area contributed by atoms with Crippen molar-refractivity contribution in [3.8, 4) is 0 Å². The van der Waals surface area contributed by atoms with Crippen molar-refractivity contribution in [1.29, 1.82) is 0 Å². The van der Waals surface area contributed by atoms with Gasteiger partial charge in [-0.3, -0.25) is 0 Å². The fourth-order valence-corrected chi connectivity index (χ4v) is 2.19. The van der Waals surface area contributed by atoms with Crippen molar-refractivity contribution >= 4 is 5.82 Å². The molecule has 0 aliphatic heterocycles. The van der Waals surface area contributed by atoms with Crippen molar-refractivity contribution in [2.75, 3.05) is 25.5 Å². The van der Waals surface area contributed by atoms with E-state index >= 15 is 0 Å². The standard InChI is InChI=1S/C14H25N3/c1-10(2)9-17(6)14-13(8-15-5)11(3)7-12(4)16-14/h7,10,15H,8-9H2,1-6H3. The van der Waals surface area contributed by atoms with E-state index < -0.39 is 0 Å². The lowest BCUT2D eigenvalue weighted by atomic mass is 10.1. The molecule has 0 amide bonds. The Bertz CT molecular complexity index is 372. The molecule has 0 saturated heterocycles. The summed E-state index contributed by atoms with van der Waals surface area (Å²) in [5.74, 6) is 1.76. The first kappa shape index (κ1) is 14.0. The van der Waals surface area contributed by atoms with Gasteiger partial charge in [0.1, 0.15) is 5.82 Å². The van der Waals surface area contributed by atoms with Crippen LogP contribution in [0.15, 0.2) is 6.07 Å². The van der Waals surface area contributed by atoms with Crippen LogP contribution in [0.2, 0.25) is 0 Å². The topological polar surface area (TPSA) is 28.2 Å². The molecule has 0 atom stereocenters. The first-order chi connectivity index (χ1) is 7.95.